The van der Waals surface area contributed by atoms with Crippen LogP contribution in [0.4, 0.5) is 24.7 Å². The van der Waals surface area contributed by atoms with Crippen LogP contribution >= 0.6 is 0 Å². The Morgan fingerprint density at radius 2 is 2.19 bits per heavy atom. The van der Waals surface area contributed by atoms with Crippen LogP contribution in [0, 0.1) is 5.92 Å². The molecule has 2 rings (SSSR count). The summed E-state index contributed by atoms with van der Waals surface area (Å²) in [7, 11) is 0. The molecular formula is C14H20F3N3O. The van der Waals surface area contributed by atoms with E-state index >= 15 is 0 Å². The van der Waals surface area contributed by atoms with Crippen molar-refractivity contribution >= 4 is 11.5 Å². The molecule has 0 saturated carbocycles. The summed E-state index contributed by atoms with van der Waals surface area (Å²) in [5.41, 5.74) is 6.17. The molecule has 1 aliphatic heterocycles. The maximum Gasteiger partial charge on any atom is 0.393 e. The molecule has 0 bridgehead atoms. The SMILES string of the molecule is CCCOc1nc(N2CCCC(C(F)(F)F)C2)ccc1N. The topological polar surface area (TPSA) is 51.4 Å². The first-order valence-electron chi connectivity index (χ1n) is 7.12. The molecule has 1 aliphatic rings. The molecule has 118 valence electrons. The molecule has 1 aromatic heterocycles. The third-order valence-corrected chi connectivity index (χ3v) is 3.53. The number of anilines is 2. The number of rotatable bonds is 4. The Kier molecular flexibility index (Phi) is 4.80. The number of nitrogens with two attached hydrogens (primary N) is 1. The van der Waals surface area contributed by atoms with Gasteiger partial charge in [-0.05, 0) is 31.4 Å². The van der Waals surface area contributed by atoms with Gasteiger partial charge in [0.25, 0.3) is 0 Å². The van der Waals surface area contributed by atoms with Gasteiger partial charge in [0, 0.05) is 13.1 Å². The Balaban J connectivity index is 2.13. The van der Waals surface area contributed by atoms with Crippen LogP contribution in [-0.4, -0.2) is 30.9 Å². The number of alkyl halides is 3. The van der Waals surface area contributed by atoms with E-state index in [2.05, 4.69) is 4.98 Å². The quantitative estimate of drug-likeness (QED) is 0.928. The number of nitrogen functional groups attached to an aromatic ring is 1. The predicted octanol–water partition coefficient (Wildman–Crippen LogP) is 3.23. The number of halogens is 3. The van der Waals surface area contributed by atoms with E-state index in [4.69, 9.17) is 10.5 Å². The van der Waals surface area contributed by atoms with Gasteiger partial charge in [0.05, 0.1) is 18.2 Å². The molecule has 21 heavy (non-hydrogen) atoms. The van der Waals surface area contributed by atoms with Crippen LogP contribution in [0.2, 0.25) is 0 Å². The molecule has 0 spiro atoms. The maximum absolute atomic E-state index is 12.8. The van der Waals surface area contributed by atoms with Crippen LogP contribution in [0.15, 0.2) is 12.1 Å². The Bertz CT molecular complexity index is 479. The molecule has 0 aliphatic carbocycles. The highest BCUT2D eigenvalue weighted by Gasteiger charge is 2.42. The normalized spacial score (nSPS) is 19.6. The summed E-state index contributed by atoms with van der Waals surface area (Å²) >= 11 is 0. The van der Waals surface area contributed by atoms with Crippen molar-refractivity contribution < 1.29 is 17.9 Å². The monoisotopic (exact) mass is 303 g/mol. The minimum atomic E-state index is -4.16. The molecule has 1 saturated heterocycles. The largest absolute Gasteiger partial charge is 0.476 e. The second kappa shape index (κ2) is 6.41. The molecule has 2 N–H and O–H groups in total. The second-order valence-electron chi connectivity index (χ2n) is 5.24. The zero-order valence-corrected chi connectivity index (χ0v) is 12.0. The summed E-state index contributed by atoms with van der Waals surface area (Å²) < 4.78 is 44.0. The van der Waals surface area contributed by atoms with E-state index in [-0.39, 0.29) is 13.0 Å². The Morgan fingerprint density at radius 3 is 2.86 bits per heavy atom. The summed E-state index contributed by atoms with van der Waals surface area (Å²) in [6.07, 6.45) is -2.67. The zero-order chi connectivity index (χ0) is 15.5. The highest BCUT2D eigenvalue weighted by Crippen LogP contribution is 2.35. The fourth-order valence-corrected chi connectivity index (χ4v) is 2.38. The van der Waals surface area contributed by atoms with Gasteiger partial charge < -0.3 is 15.4 Å². The van der Waals surface area contributed by atoms with Crippen LogP contribution in [0.25, 0.3) is 0 Å². The van der Waals surface area contributed by atoms with Crippen LogP contribution < -0.4 is 15.4 Å². The summed E-state index contributed by atoms with van der Waals surface area (Å²) in [6, 6.07) is 3.28. The fraction of sp³-hybridized carbons (Fsp3) is 0.643. The lowest BCUT2D eigenvalue weighted by Crippen LogP contribution is -2.42. The van der Waals surface area contributed by atoms with Gasteiger partial charge in [-0.2, -0.15) is 18.2 Å². The molecular weight excluding hydrogens is 283 g/mol. The van der Waals surface area contributed by atoms with Gasteiger partial charge in [-0.1, -0.05) is 6.92 Å². The molecule has 1 atom stereocenters. The zero-order valence-electron chi connectivity index (χ0n) is 12.0. The molecule has 2 heterocycles. The lowest BCUT2D eigenvalue weighted by Gasteiger charge is -2.34. The minimum absolute atomic E-state index is 0.0619. The Morgan fingerprint density at radius 1 is 1.43 bits per heavy atom. The number of ether oxygens (including phenoxy) is 1. The summed E-state index contributed by atoms with van der Waals surface area (Å²) in [5.74, 6) is -0.515. The molecule has 0 aromatic carbocycles. The smallest absolute Gasteiger partial charge is 0.393 e. The van der Waals surface area contributed by atoms with E-state index < -0.39 is 12.1 Å². The van der Waals surface area contributed by atoms with Gasteiger partial charge in [0.1, 0.15) is 5.82 Å². The summed E-state index contributed by atoms with van der Waals surface area (Å²) in [6.45, 7) is 2.94. The lowest BCUT2D eigenvalue weighted by molar-refractivity contribution is -0.176. The second-order valence-corrected chi connectivity index (χ2v) is 5.24. The van der Waals surface area contributed by atoms with Crippen molar-refractivity contribution in [1.29, 1.82) is 0 Å². The molecule has 0 radical (unpaired) electrons. The van der Waals surface area contributed by atoms with Crippen molar-refractivity contribution in [3.63, 3.8) is 0 Å². The average molecular weight is 303 g/mol. The number of pyridine rings is 1. The minimum Gasteiger partial charge on any atom is -0.476 e. The van der Waals surface area contributed by atoms with Gasteiger partial charge in [0.15, 0.2) is 0 Å². The Labute approximate surface area is 122 Å². The molecule has 1 aromatic rings. The van der Waals surface area contributed by atoms with E-state index in [1.54, 1.807) is 17.0 Å². The molecule has 1 unspecified atom stereocenters. The molecule has 0 amide bonds. The van der Waals surface area contributed by atoms with Crippen molar-refractivity contribution in [1.82, 2.24) is 4.98 Å². The highest BCUT2D eigenvalue weighted by molar-refractivity contribution is 5.54. The molecule has 4 nitrogen and oxygen atoms in total. The predicted molar refractivity (Wildman–Crippen MR) is 75.4 cm³/mol. The van der Waals surface area contributed by atoms with Crippen molar-refractivity contribution in [3.05, 3.63) is 12.1 Å². The first-order chi connectivity index (χ1) is 9.91. The number of aromatic nitrogens is 1. The van der Waals surface area contributed by atoms with Crippen molar-refractivity contribution in [2.75, 3.05) is 30.3 Å². The van der Waals surface area contributed by atoms with Gasteiger partial charge in [-0.3, -0.25) is 0 Å². The average Bonchev–Trinajstić information content (AvgIpc) is 2.46. The van der Waals surface area contributed by atoms with E-state index in [9.17, 15) is 13.2 Å². The molecule has 1 fully saturated rings. The first kappa shape index (κ1) is 15.7. The third kappa shape index (κ3) is 3.92. The van der Waals surface area contributed by atoms with Gasteiger partial charge in [-0.25, -0.2) is 0 Å². The van der Waals surface area contributed by atoms with E-state index in [0.717, 1.165) is 6.42 Å². The van der Waals surface area contributed by atoms with Crippen LogP contribution in [0.1, 0.15) is 26.2 Å². The Hall–Kier alpha value is -1.66. The van der Waals surface area contributed by atoms with E-state index in [1.807, 2.05) is 6.92 Å². The van der Waals surface area contributed by atoms with Crippen molar-refractivity contribution in [2.24, 2.45) is 5.92 Å². The third-order valence-electron chi connectivity index (χ3n) is 3.53. The standard InChI is InChI=1S/C14H20F3N3O/c1-2-8-21-13-11(18)5-6-12(19-13)20-7-3-4-10(9-20)14(15,16)17/h5-6,10H,2-4,7-9,18H2,1H3. The number of hydrogen-bond donors (Lipinski definition) is 1. The van der Waals surface area contributed by atoms with E-state index in [0.29, 0.717) is 37.0 Å². The van der Waals surface area contributed by atoms with E-state index in [1.165, 1.54) is 0 Å². The first-order valence-corrected chi connectivity index (χ1v) is 7.12. The van der Waals surface area contributed by atoms with Crippen LogP contribution in [0.5, 0.6) is 5.88 Å². The van der Waals surface area contributed by atoms with Crippen LogP contribution in [0.3, 0.4) is 0 Å². The summed E-state index contributed by atoms with van der Waals surface area (Å²) in [5, 5.41) is 0. The fourth-order valence-electron chi connectivity index (χ4n) is 2.38. The maximum atomic E-state index is 12.8. The van der Waals surface area contributed by atoms with Crippen LogP contribution in [-0.2, 0) is 0 Å². The lowest BCUT2D eigenvalue weighted by atomic mass is 9.97. The highest BCUT2D eigenvalue weighted by atomic mass is 19.4. The van der Waals surface area contributed by atoms with Crippen molar-refractivity contribution in [3.8, 4) is 5.88 Å². The number of piperidine rings is 1. The van der Waals surface area contributed by atoms with Gasteiger partial charge >= 0.3 is 6.18 Å². The van der Waals surface area contributed by atoms with Gasteiger partial charge in [-0.15, -0.1) is 0 Å². The van der Waals surface area contributed by atoms with Gasteiger partial charge in [0.2, 0.25) is 5.88 Å². The molecule has 7 heteroatoms. The summed E-state index contributed by atoms with van der Waals surface area (Å²) in [4.78, 5) is 5.91. The number of hydrogen-bond acceptors (Lipinski definition) is 4. The van der Waals surface area contributed by atoms with Crippen molar-refractivity contribution in [2.45, 2.75) is 32.4 Å². The number of nitrogens with zero attached hydrogens (tertiary/aromatic N) is 2.